The molecule has 94 valence electrons. The first kappa shape index (κ1) is 12.4. The number of benzene rings is 1. The molecule has 1 N–H and O–H groups in total. The molecule has 1 fully saturated rings. The van der Waals surface area contributed by atoms with Gasteiger partial charge in [-0.1, -0.05) is 12.8 Å². The quantitative estimate of drug-likeness (QED) is 0.774. The lowest BCUT2D eigenvalue weighted by molar-refractivity contribution is 0.700. The first-order valence-electron chi connectivity index (χ1n) is 6.18. The fourth-order valence-corrected chi connectivity index (χ4v) is 3.72. The number of fused-ring (bicyclic) bond motifs is 1. The Morgan fingerprint density at radius 1 is 1.11 bits per heavy atom. The molecule has 4 heteroatoms. The van der Waals surface area contributed by atoms with E-state index in [1.54, 1.807) is 6.07 Å². The lowest BCUT2D eigenvalue weighted by atomic mass is 10.0. The van der Waals surface area contributed by atoms with Crippen molar-refractivity contribution in [2.24, 2.45) is 0 Å². The van der Waals surface area contributed by atoms with Crippen molar-refractivity contribution in [1.82, 2.24) is 4.98 Å². The average Bonchev–Trinajstić information content (AvgIpc) is 2.87. The van der Waals surface area contributed by atoms with Gasteiger partial charge in [0, 0.05) is 20.7 Å². The van der Waals surface area contributed by atoms with E-state index in [9.17, 15) is 4.79 Å². The Balaban J connectivity index is 2.26. The summed E-state index contributed by atoms with van der Waals surface area (Å²) in [6.45, 7) is 0. The number of hydrogen-bond donors (Lipinski definition) is 1. The molecule has 0 saturated heterocycles. The van der Waals surface area contributed by atoms with Crippen LogP contribution in [0.3, 0.4) is 0 Å². The van der Waals surface area contributed by atoms with Crippen LogP contribution in [0.25, 0.3) is 10.9 Å². The molecule has 1 heterocycles. The molecule has 2 nitrogen and oxygen atoms in total. The predicted octanol–water partition coefficient (Wildman–Crippen LogP) is 4.71. The fraction of sp³-hybridized carbons (Fsp3) is 0.357. The van der Waals surface area contributed by atoms with Crippen LogP contribution >= 0.6 is 31.9 Å². The van der Waals surface area contributed by atoms with E-state index < -0.39 is 0 Å². The molecule has 0 bridgehead atoms. The number of H-pyrrole nitrogens is 1. The SMILES string of the molecule is O=c1cc(C2CCCC2)[nH]c2c(Br)ccc(Br)c12. The third-order valence-corrected chi connectivity index (χ3v) is 5.02. The molecule has 1 saturated carbocycles. The van der Waals surface area contributed by atoms with Crippen LogP contribution < -0.4 is 5.43 Å². The summed E-state index contributed by atoms with van der Waals surface area (Å²) in [6, 6.07) is 5.63. The number of hydrogen-bond acceptors (Lipinski definition) is 1. The zero-order valence-corrected chi connectivity index (χ0v) is 13.0. The summed E-state index contributed by atoms with van der Waals surface area (Å²) in [7, 11) is 0. The molecule has 0 radical (unpaired) electrons. The van der Waals surface area contributed by atoms with Gasteiger partial charge in [0.25, 0.3) is 0 Å². The smallest absolute Gasteiger partial charge is 0.190 e. The number of pyridine rings is 1. The monoisotopic (exact) mass is 369 g/mol. The van der Waals surface area contributed by atoms with Gasteiger partial charge in [-0.15, -0.1) is 0 Å². The molecular weight excluding hydrogens is 358 g/mol. The van der Waals surface area contributed by atoms with Gasteiger partial charge in [-0.05, 0) is 62.8 Å². The van der Waals surface area contributed by atoms with Crippen molar-refractivity contribution >= 4 is 42.8 Å². The zero-order valence-electron chi connectivity index (χ0n) is 9.80. The van der Waals surface area contributed by atoms with Gasteiger partial charge in [0.05, 0.1) is 10.9 Å². The number of aromatic nitrogens is 1. The van der Waals surface area contributed by atoms with Gasteiger partial charge < -0.3 is 4.98 Å². The topological polar surface area (TPSA) is 32.9 Å². The van der Waals surface area contributed by atoms with Gasteiger partial charge in [-0.25, -0.2) is 0 Å². The van der Waals surface area contributed by atoms with Crippen LogP contribution in [0.5, 0.6) is 0 Å². The van der Waals surface area contributed by atoms with Gasteiger partial charge in [0.1, 0.15) is 0 Å². The summed E-state index contributed by atoms with van der Waals surface area (Å²) >= 11 is 6.97. The lowest BCUT2D eigenvalue weighted by Crippen LogP contribution is -2.08. The maximum atomic E-state index is 12.3. The normalized spacial score (nSPS) is 16.6. The van der Waals surface area contributed by atoms with Gasteiger partial charge in [0.15, 0.2) is 5.43 Å². The highest BCUT2D eigenvalue weighted by atomic mass is 79.9. The fourth-order valence-electron chi connectivity index (χ4n) is 2.77. The van der Waals surface area contributed by atoms with Crippen LogP contribution in [-0.2, 0) is 0 Å². The van der Waals surface area contributed by atoms with Crippen molar-refractivity contribution in [1.29, 1.82) is 0 Å². The van der Waals surface area contributed by atoms with Crippen LogP contribution in [-0.4, -0.2) is 4.98 Å². The number of aromatic amines is 1. The highest BCUT2D eigenvalue weighted by Crippen LogP contribution is 2.34. The number of nitrogens with one attached hydrogen (secondary N) is 1. The van der Waals surface area contributed by atoms with Gasteiger partial charge in [0.2, 0.25) is 0 Å². The average molecular weight is 371 g/mol. The Kier molecular flexibility index (Phi) is 3.32. The standard InChI is InChI=1S/C14H13Br2NO/c15-9-5-6-10(16)14-13(9)12(18)7-11(17-14)8-3-1-2-4-8/h5-8H,1-4H2,(H,17,18). The summed E-state index contributed by atoms with van der Waals surface area (Å²) in [4.78, 5) is 15.7. The first-order chi connectivity index (χ1) is 8.66. The van der Waals surface area contributed by atoms with E-state index in [-0.39, 0.29) is 5.43 Å². The second kappa shape index (κ2) is 4.82. The molecule has 2 aromatic rings. The van der Waals surface area contributed by atoms with E-state index in [1.165, 1.54) is 25.7 Å². The maximum Gasteiger partial charge on any atom is 0.190 e. The molecule has 1 aliphatic carbocycles. The highest BCUT2D eigenvalue weighted by Gasteiger charge is 2.19. The number of halogens is 2. The van der Waals surface area contributed by atoms with Crippen molar-refractivity contribution in [3.63, 3.8) is 0 Å². The summed E-state index contributed by atoms with van der Waals surface area (Å²) in [5.74, 6) is 0.521. The second-order valence-electron chi connectivity index (χ2n) is 4.85. The minimum absolute atomic E-state index is 0.0961. The molecule has 0 aliphatic heterocycles. The van der Waals surface area contributed by atoms with Crippen LogP contribution in [0, 0.1) is 0 Å². The minimum atomic E-state index is 0.0961. The zero-order chi connectivity index (χ0) is 12.7. The molecule has 1 aliphatic rings. The first-order valence-corrected chi connectivity index (χ1v) is 7.76. The second-order valence-corrected chi connectivity index (χ2v) is 6.56. The van der Waals surface area contributed by atoms with Crippen LogP contribution in [0.1, 0.15) is 37.3 Å². The van der Waals surface area contributed by atoms with Crippen LogP contribution in [0.2, 0.25) is 0 Å². The summed E-state index contributed by atoms with van der Waals surface area (Å²) in [5, 5.41) is 0.728. The van der Waals surface area contributed by atoms with Crippen molar-refractivity contribution < 1.29 is 0 Å². The Hall–Kier alpha value is -0.610. The molecular formula is C14H13Br2NO. The maximum absolute atomic E-state index is 12.3. The van der Waals surface area contributed by atoms with E-state index in [0.29, 0.717) is 5.92 Å². The minimum Gasteiger partial charge on any atom is -0.357 e. The summed E-state index contributed by atoms with van der Waals surface area (Å²) in [6.07, 6.45) is 4.91. The highest BCUT2D eigenvalue weighted by molar-refractivity contribution is 9.11. The molecule has 0 amide bonds. The largest absolute Gasteiger partial charge is 0.357 e. The Morgan fingerprint density at radius 2 is 1.78 bits per heavy atom. The third kappa shape index (κ3) is 2.05. The van der Waals surface area contributed by atoms with E-state index in [1.807, 2.05) is 12.1 Å². The Bertz CT molecular complexity index is 657. The number of rotatable bonds is 1. The Morgan fingerprint density at radius 3 is 2.50 bits per heavy atom. The Labute approximate surface area is 122 Å². The van der Waals surface area contributed by atoms with E-state index in [4.69, 9.17) is 0 Å². The third-order valence-electron chi connectivity index (χ3n) is 3.70. The molecule has 1 aromatic heterocycles. The van der Waals surface area contributed by atoms with Gasteiger partial charge in [-0.2, -0.15) is 0 Å². The molecule has 18 heavy (non-hydrogen) atoms. The van der Waals surface area contributed by atoms with Crippen LogP contribution in [0.15, 0.2) is 31.9 Å². The van der Waals surface area contributed by atoms with Crippen molar-refractivity contribution in [2.75, 3.05) is 0 Å². The molecule has 3 rings (SSSR count). The van der Waals surface area contributed by atoms with Crippen molar-refractivity contribution in [2.45, 2.75) is 31.6 Å². The van der Waals surface area contributed by atoms with E-state index >= 15 is 0 Å². The van der Waals surface area contributed by atoms with Crippen molar-refractivity contribution in [3.05, 3.63) is 43.1 Å². The van der Waals surface area contributed by atoms with Crippen molar-refractivity contribution in [3.8, 4) is 0 Å². The summed E-state index contributed by atoms with van der Waals surface area (Å²) < 4.78 is 1.79. The molecule has 0 unspecified atom stereocenters. The summed E-state index contributed by atoms with van der Waals surface area (Å²) in [5.41, 5.74) is 2.08. The molecule has 0 atom stereocenters. The van der Waals surface area contributed by atoms with E-state index in [2.05, 4.69) is 36.8 Å². The lowest BCUT2D eigenvalue weighted by Gasteiger charge is -2.12. The predicted molar refractivity (Wildman–Crippen MR) is 81.2 cm³/mol. The van der Waals surface area contributed by atoms with Crippen LogP contribution in [0.4, 0.5) is 0 Å². The molecule has 1 aromatic carbocycles. The van der Waals surface area contributed by atoms with Gasteiger partial charge >= 0.3 is 0 Å². The molecule has 0 spiro atoms. The van der Waals surface area contributed by atoms with Gasteiger partial charge in [-0.3, -0.25) is 4.79 Å². The van der Waals surface area contributed by atoms with E-state index in [0.717, 1.165) is 25.5 Å².